The quantitative estimate of drug-likeness (QED) is 0.215. The summed E-state index contributed by atoms with van der Waals surface area (Å²) in [5.74, 6) is -1.16. The molecule has 0 amide bonds. The van der Waals surface area contributed by atoms with Crippen molar-refractivity contribution in [2.45, 2.75) is 33.3 Å². The minimum absolute atomic E-state index is 0.131. The summed E-state index contributed by atoms with van der Waals surface area (Å²) in [5.41, 5.74) is 6.48. The Kier molecular flexibility index (Phi) is 7.62. The number of ether oxygens (including phenoxy) is 2. The summed E-state index contributed by atoms with van der Waals surface area (Å²) in [4.78, 5) is 27.2. The van der Waals surface area contributed by atoms with Crippen molar-refractivity contribution in [2.75, 3.05) is 13.2 Å². The number of benzene rings is 4. The predicted molar refractivity (Wildman–Crippen MR) is 152 cm³/mol. The minimum Gasteiger partial charge on any atom is -0.465 e. The first-order valence-corrected chi connectivity index (χ1v) is 13.4. The molecule has 39 heavy (non-hydrogen) atoms. The summed E-state index contributed by atoms with van der Waals surface area (Å²) >= 11 is 0. The third-order valence-electron chi connectivity index (χ3n) is 7.46. The van der Waals surface area contributed by atoms with Crippen LogP contribution in [-0.2, 0) is 38.5 Å². The number of hydrogen-bond acceptors (Lipinski definition) is 5. The molecule has 198 valence electrons. The first-order valence-electron chi connectivity index (χ1n) is 13.4. The van der Waals surface area contributed by atoms with Gasteiger partial charge in [-0.05, 0) is 63.9 Å². The Morgan fingerprint density at radius 3 is 1.44 bits per heavy atom. The molecule has 0 saturated heterocycles. The highest BCUT2D eigenvalue weighted by molar-refractivity contribution is 6.04. The summed E-state index contributed by atoms with van der Waals surface area (Å²) in [6.07, 6.45) is 0.279. The molecule has 0 heterocycles. The zero-order chi connectivity index (χ0) is 27.4. The smallest absolute Gasteiger partial charge is 0.324 e. The Balaban J connectivity index is 1.92. The van der Waals surface area contributed by atoms with Gasteiger partial charge in [-0.15, -0.1) is 0 Å². The van der Waals surface area contributed by atoms with Crippen LogP contribution in [0.2, 0.25) is 0 Å². The fourth-order valence-corrected chi connectivity index (χ4v) is 5.84. The van der Waals surface area contributed by atoms with E-state index in [-0.39, 0.29) is 32.7 Å². The molecule has 0 saturated carbocycles. The van der Waals surface area contributed by atoms with Crippen LogP contribution in [0.1, 0.15) is 30.5 Å². The molecule has 1 aliphatic rings. The van der Waals surface area contributed by atoms with E-state index in [4.69, 9.17) is 9.47 Å². The molecule has 0 bridgehead atoms. The second-order valence-corrected chi connectivity index (χ2v) is 9.69. The van der Waals surface area contributed by atoms with E-state index >= 15 is 0 Å². The molecule has 1 aliphatic carbocycles. The van der Waals surface area contributed by atoms with Gasteiger partial charge < -0.3 is 14.6 Å². The van der Waals surface area contributed by atoms with Crippen molar-refractivity contribution in [1.29, 1.82) is 0 Å². The van der Waals surface area contributed by atoms with E-state index in [2.05, 4.69) is 0 Å². The zero-order valence-corrected chi connectivity index (χ0v) is 22.3. The van der Waals surface area contributed by atoms with Gasteiger partial charge in [0.1, 0.15) is 0 Å². The highest BCUT2D eigenvalue weighted by Crippen LogP contribution is 2.52. The Bertz CT molecular complexity index is 1460. The van der Waals surface area contributed by atoms with E-state index in [1.807, 2.05) is 91.0 Å². The lowest BCUT2D eigenvalue weighted by Gasteiger charge is -2.24. The maximum Gasteiger partial charge on any atom is 0.324 e. The standard InChI is InChI=1S/C34H32O5/c1-3-38-32(36)34(33(37)39-4-2)20-26-27(21-34)30(24-16-10-6-11-17-24)31(25-18-12-7-13-19-25)28(22-35)29(26)23-14-8-5-9-15-23/h5-19,35H,3-4,20-22H2,1-2H3. The highest BCUT2D eigenvalue weighted by Gasteiger charge is 2.54. The lowest BCUT2D eigenvalue weighted by Crippen LogP contribution is -2.43. The Hall–Kier alpha value is -4.22. The van der Waals surface area contributed by atoms with Crippen molar-refractivity contribution in [1.82, 2.24) is 0 Å². The van der Waals surface area contributed by atoms with E-state index in [1.54, 1.807) is 13.8 Å². The normalized spacial score (nSPS) is 13.5. The molecule has 0 aromatic heterocycles. The number of rotatable bonds is 8. The number of carbonyl (C=O) groups is 2. The van der Waals surface area contributed by atoms with Crippen LogP contribution in [0.15, 0.2) is 91.0 Å². The van der Waals surface area contributed by atoms with Crippen LogP contribution in [-0.4, -0.2) is 30.3 Å². The largest absolute Gasteiger partial charge is 0.465 e. The SMILES string of the molecule is CCOC(=O)C1(C(=O)OCC)Cc2c(c(-c3ccccc3)c(-c3ccccc3)c(CO)c2-c2ccccc2)C1. The molecule has 5 heteroatoms. The Morgan fingerprint density at radius 1 is 0.641 bits per heavy atom. The first kappa shape index (κ1) is 26.4. The van der Waals surface area contributed by atoms with Crippen LogP contribution in [0.4, 0.5) is 0 Å². The van der Waals surface area contributed by atoms with Gasteiger partial charge in [-0.3, -0.25) is 9.59 Å². The molecule has 0 fully saturated rings. The van der Waals surface area contributed by atoms with Crippen LogP contribution in [0.5, 0.6) is 0 Å². The van der Waals surface area contributed by atoms with Crippen molar-refractivity contribution in [2.24, 2.45) is 5.41 Å². The average molecular weight is 521 g/mol. The number of aliphatic hydroxyl groups is 1. The summed E-state index contributed by atoms with van der Waals surface area (Å²) in [6, 6.07) is 29.8. The lowest BCUT2D eigenvalue weighted by molar-refractivity contribution is -0.171. The zero-order valence-electron chi connectivity index (χ0n) is 22.3. The van der Waals surface area contributed by atoms with Gasteiger partial charge in [0.05, 0.1) is 19.8 Å². The van der Waals surface area contributed by atoms with Crippen LogP contribution >= 0.6 is 0 Å². The van der Waals surface area contributed by atoms with Gasteiger partial charge in [0, 0.05) is 12.8 Å². The third-order valence-corrected chi connectivity index (χ3v) is 7.46. The van der Waals surface area contributed by atoms with Crippen molar-refractivity contribution < 1.29 is 24.2 Å². The lowest BCUT2D eigenvalue weighted by atomic mass is 9.80. The summed E-state index contributed by atoms with van der Waals surface area (Å²) in [5, 5.41) is 11.0. The van der Waals surface area contributed by atoms with Gasteiger partial charge >= 0.3 is 11.9 Å². The van der Waals surface area contributed by atoms with E-state index in [9.17, 15) is 14.7 Å². The summed E-state index contributed by atoms with van der Waals surface area (Å²) in [6.45, 7) is 3.57. The van der Waals surface area contributed by atoms with Gasteiger partial charge in [0.25, 0.3) is 0 Å². The molecule has 0 unspecified atom stereocenters. The van der Waals surface area contributed by atoms with Crippen LogP contribution in [0.3, 0.4) is 0 Å². The molecule has 0 aliphatic heterocycles. The molecule has 5 nitrogen and oxygen atoms in total. The summed E-state index contributed by atoms with van der Waals surface area (Å²) < 4.78 is 11.0. The number of carbonyl (C=O) groups excluding carboxylic acids is 2. The minimum atomic E-state index is -1.51. The van der Waals surface area contributed by atoms with E-state index in [1.165, 1.54) is 0 Å². The molecule has 0 radical (unpaired) electrons. The van der Waals surface area contributed by atoms with Gasteiger partial charge in [0.15, 0.2) is 5.41 Å². The van der Waals surface area contributed by atoms with E-state index < -0.39 is 17.4 Å². The number of fused-ring (bicyclic) bond motifs is 1. The van der Waals surface area contributed by atoms with Crippen LogP contribution in [0, 0.1) is 5.41 Å². The molecular weight excluding hydrogens is 488 g/mol. The molecule has 0 spiro atoms. The topological polar surface area (TPSA) is 72.8 Å². The van der Waals surface area contributed by atoms with Crippen LogP contribution in [0.25, 0.3) is 33.4 Å². The van der Waals surface area contributed by atoms with Crippen LogP contribution < -0.4 is 0 Å². The third kappa shape index (κ3) is 4.64. The fourth-order valence-electron chi connectivity index (χ4n) is 5.84. The molecule has 1 N–H and O–H groups in total. The van der Waals surface area contributed by atoms with E-state index in [0.717, 1.165) is 50.1 Å². The summed E-state index contributed by atoms with van der Waals surface area (Å²) in [7, 11) is 0. The van der Waals surface area contributed by atoms with Crippen molar-refractivity contribution >= 4 is 11.9 Å². The maximum absolute atomic E-state index is 13.6. The molecule has 5 rings (SSSR count). The number of hydrogen-bond donors (Lipinski definition) is 1. The highest BCUT2D eigenvalue weighted by atomic mass is 16.6. The number of esters is 2. The molecule has 0 atom stereocenters. The molecule has 4 aromatic rings. The second-order valence-electron chi connectivity index (χ2n) is 9.69. The molecule has 4 aromatic carbocycles. The monoisotopic (exact) mass is 520 g/mol. The maximum atomic E-state index is 13.6. The van der Waals surface area contributed by atoms with E-state index in [0.29, 0.717) is 0 Å². The molecular formula is C34H32O5. The van der Waals surface area contributed by atoms with Gasteiger partial charge in [-0.2, -0.15) is 0 Å². The van der Waals surface area contributed by atoms with Gasteiger partial charge in [0.2, 0.25) is 0 Å². The van der Waals surface area contributed by atoms with Gasteiger partial charge in [-0.25, -0.2) is 0 Å². The first-order chi connectivity index (χ1) is 19.1. The van der Waals surface area contributed by atoms with Gasteiger partial charge in [-0.1, -0.05) is 91.0 Å². The fraction of sp³-hybridized carbons (Fsp3) is 0.235. The van der Waals surface area contributed by atoms with Crippen molar-refractivity contribution in [3.63, 3.8) is 0 Å². The Morgan fingerprint density at radius 2 is 1.03 bits per heavy atom. The van der Waals surface area contributed by atoms with Crippen molar-refractivity contribution in [3.8, 4) is 33.4 Å². The predicted octanol–water partition coefficient (Wildman–Crippen LogP) is 6.39. The second kappa shape index (κ2) is 11.3. The number of aliphatic hydroxyl groups excluding tert-OH is 1. The average Bonchev–Trinajstić information content (AvgIpc) is 3.39. The van der Waals surface area contributed by atoms with Crippen molar-refractivity contribution in [3.05, 3.63) is 108 Å². The Labute approximate surface area is 229 Å².